The van der Waals surface area contributed by atoms with Crippen LogP contribution in [0.25, 0.3) is 5.57 Å². The van der Waals surface area contributed by atoms with Crippen molar-refractivity contribution in [3.63, 3.8) is 0 Å². The summed E-state index contributed by atoms with van der Waals surface area (Å²) in [4.78, 5) is 14.3. The van der Waals surface area contributed by atoms with Crippen molar-refractivity contribution in [3.8, 4) is 0 Å². The molecule has 182 valence electrons. The Bertz CT molecular complexity index is 899. The van der Waals surface area contributed by atoms with Crippen LogP contribution in [-0.4, -0.2) is 56.4 Å². The van der Waals surface area contributed by atoms with E-state index in [0.29, 0.717) is 18.8 Å². The topological polar surface area (TPSA) is 53.6 Å². The third-order valence-electron chi connectivity index (χ3n) is 7.42. The number of carbonyl (C=O) groups is 1. The quantitative estimate of drug-likeness (QED) is 0.677. The lowest BCUT2D eigenvalue weighted by molar-refractivity contribution is -0.167. The fourth-order valence-corrected chi connectivity index (χ4v) is 5.31. The second kappa shape index (κ2) is 9.39. The van der Waals surface area contributed by atoms with Crippen LogP contribution in [0.2, 0.25) is 0 Å². The zero-order valence-electron chi connectivity index (χ0n) is 19.5. The second-order valence-electron chi connectivity index (χ2n) is 10.2. The van der Waals surface area contributed by atoms with E-state index in [1.165, 1.54) is 0 Å². The van der Waals surface area contributed by atoms with Crippen LogP contribution in [0.15, 0.2) is 24.3 Å². The zero-order valence-corrected chi connectivity index (χ0v) is 19.5. The molecule has 0 bridgehead atoms. The number of hydrogen-bond donors (Lipinski definition) is 2. The molecule has 1 aliphatic carbocycles. The Morgan fingerprint density at radius 1 is 1.12 bits per heavy atom. The fraction of sp³-hybridized carbons (Fsp3) is 0.640. The number of amides is 1. The number of carbonyl (C=O) groups excluding carboxylic acids is 1. The molecule has 5 nitrogen and oxygen atoms in total. The maximum atomic E-state index is 13.0. The van der Waals surface area contributed by atoms with Crippen LogP contribution in [0.4, 0.5) is 18.9 Å². The van der Waals surface area contributed by atoms with E-state index in [1.54, 1.807) is 6.07 Å². The Kier molecular flexibility index (Phi) is 6.90. The number of allylic oxidation sites excluding steroid dienone is 2. The molecule has 0 aromatic heterocycles. The number of alkyl halides is 3. The lowest BCUT2D eigenvalue weighted by atomic mass is 9.75. The highest BCUT2D eigenvalue weighted by atomic mass is 19.4. The molecule has 8 heteroatoms. The lowest BCUT2D eigenvalue weighted by Crippen LogP contribution is -2.56. The minimum atomic E-state index is -4.93. The molecule has 1 aromatic rings. The molecule has 0 unspecified atom stereocenters. The summed E-state index contributed by atoms with van der Waals surface area (Å²) < 4.78 is 44.8. The van der Waals surface area contributed by atoms with Crippen LogP contribution in [0.5, 0.6) is 0 Å². The summed E-state index contributed by atoms with van der Waals surface area (Å²) in [6.07, 6.45) is 1.46. The minimum absolute atomic E-state index is 0.166. The van der Waals surface area contributed by atoms with Gasteiger partial charge in [0.1, 0.15) is 0 Å². The van der Waals surface area contributed by atoms with Gasteiger partial charge in [-0.05, 0) is 60.8 Å². The van der Waals surface area contributed by atoms with E-state index >= 15 is 0 Å². The molecule has 0 radical (unpaired) electrons. The molecular weight excluding hydrogens is 431 g/mol. The van der Waals surface area contributed by atoms with Crippen molar-refractivity contribution in [3.05, 3.63) is 35.4 Å². The van der Waals surface area contributed by atoms with Crippen LogP contribution < -0.4 is 10.6 Å². The first-order valence-electron chi connectivity index (χ1n) is 11.9. The fourth-order valence-electron chi connectivity index (χ4n) is 5.31. The van der Waals surface area contributed by atoms with Gasteiger partial charge in [-0.15, -0.1) is 0 Å². The van der Waals surface area contributed by atoms with Gasteiger partial charge >= 0.3 is 12.1 Å². The molecule has 4 rings (SSSR count). The standard InChI is InChI=1S/C25H34F3N3O2/c1-23(2)7-5-18(6-8-23)20-17-19(3-4-21(20)30-22(32)25(26,27)28)24(9-15-33-16-10-24)31-13-11-29-12-14-31/h3-5,17,29H,6-16H2,1-2H3,(H,30,32). The van der Waals surface area contributed by atoms with Gasteiger partial charge in [-0.2, -0.15) is 13.2 Å². The predicted molar refractivity (Wildman–Crippen MR) is 123 cm³/mol. The van der Waals surface area contributed by atoms with E-state index in [1.807, 2.05) is 12.1 Å². The summed E-state index contributed by atoms with van der Waals surface area (Å²) in [6, 6.07) is 5.59. The Morgan fingerprint density at radius 2 is 1.82 bits per heavy atom. The molecule has 1 aromatic carbocycles. The Morgan fingerprint density at radius 3 is 2.42 bits per heavy atom. The van der Waals surface area contributed by atoms with Gasteiger partial charge in [0.05, 0.1) is 5.54 Å². The van der Waals surface area contributed by atoms with Gasteiger partial charge in [-0.3, -0.25) is 9.69 Å². The summed E-state index contributed by atoms with van der Waals surface area (Å²) in [6.45, 7) is 9.36. The number of benzene rings is 1. The number of hydrogen-bond acceptors (Lipinski definition) is 4. The third-order valence-corrected chi connectivity index (χ3v) is 7.42. The van der Waals surface area contributed by atoms with Crippen molar-refractivity contribution in [2.75, 3.05) is 44.7 Å². The average molecular weight is 466 g/mol. The van der Waals surface area contributed by atoms with Crippen molar-refractivity contribution in [2.45, 2.75) is 57.7 Å². The Balaban J connectivity index is 1.76. The molecule has 3 aliphatic rings. The zero-order chi connectivity index (χ0) is 23.7. The van der Waals surface area contributed by atoms with Gasteiger partial charge in [0.15, 0.2) is 0 Å². The first-order chi connectivity index (χ1) is 15.6. The van der Waals surface area contributed by atoms with E-state index in [0.717, 1.165) is 69.4 Å². The number of ether oxygens (including phenoxy) is 1. The normalized spacial score (nSPS) is 23.6. The SMILES string of the molecule is CC1(C)CC=C(c2cc(C3(N4CCNCC4)CCOCC3)ccc2NC(=O)C(F)(F)F)CC1. The van der Waals surface area contributed by atoms with Crippen molar-refractivity contribution in [2.24, 2.45) is 5.41 Å². The predicted octanol–water partition coefficient (Wildman–Crippen LogP) is 4.69. The van der Waals surface area contributed by atoms with E-state index in [9.17, 15) is 18.0 Å². The van der Waals surface area contributed by atoms with Crippen LogP contribution in [0.3, 0.4) is 0 Å². The summed E-state index contributed by atoms with van der Waals surface area (Å²) in [7, 11) is 0. The van der Waals surface area contributed by atoms with Crippen LogP contribution in [0, 0.1) is 5.41 Å². The van der Waals surface area contributed by atoms with Gasteiger partial charge in [-0.1, -0.05) is 26.0 Å². The number of nitrogens with one attached hydrogen (secondary N) is 2. The first-order valence-corrected chi connectivity index (χ1v) is 11.9. The maximum Gasteiger partial charge on any atom is 0.471 e. The molecule has 0 saturated carbocycles. The highest BCUT2D eigenvalue weighted by Crippen LogP contribution is 2.44. The van der Waals surface area contributed by atoms with Crippen molar-refractivity contribution < 1.29 is 22.7 Å². The van der Waals surface area contributed by atoms with E-state index in [-0.39, 0.29) is 16.6 Å². The third kappa shape index (κ3) is 5.28. The van der Waals surface area contributed by atoms with Crippen molar-refractivity contribution in [1.82, 2.24) is 10.2 Å². The summed E-state index contributed by atoms with van der Waals surface area (Å²) in [5, 5.41) is 5.54. The summed E-state index contributed by atoms with van der Waals surface area (Å²) in [5.74, 6) is -1.93. The Hall–Kier alpha value is -1.90. The van der Waals surface area contributed by atoms with Gasteiger partial charge in [-0.25, -0.2) is 0 Å². The number of piperazine rings is 1. The highest BCUT2D eigenvalue weighted by Gasteiger charge is 2.42. The number of anilines is 1. The molecule has 1 amide bonds. The molecule has 2 fully saturated rings. The molecule has 2 saturated heterocycles. The van der Waals surface area contributed by atoms with Crippen LogP contribution in [-0.2, 0) is 15.1 Å². The average Bonchev–Trinajstić information content (AvgIpc) is 2.80. The van der Waals surface area contributed by atoms with Gasteiger partial charge < -0.3 is 15.4 Å². The molecule has 33 heavy (non-hydrogen) atoms. The Labute approximate surface area is 193 Å². The molecule has 2 heterocycles. The molecule has 0 atom stereocenters. The summed E-state index contributed by atoms with van der Waals surface area (Å²) >= 11 is 0. The van der Waals surface area contributed by atoms with E-state index in [4.69, 9.17) is 4.74 Å². The monoisotopic (exact) mass is 465 g/mol. The maximum absolute atomic E-state index is 13.0. The molecule has 2 aliphatic heterocycles. The molecular formula is C25H34F3N3O2. The largest absolute Gasteiger partial charge is 0.471 e. The second-order valence-corrected chi connectivity index (χ2v) is 10.2. The highest BCUT2D eigenvalue weighted by molar-refractivity contribution is 5.97. The van der Waals surface area contributed by atoms with Gasteiger partial charge in [0.2, 0.25) is 0 Å². The van der Waals surface area contributed by atoms with Crippen molar-refractivity contribution in [1.29, 1.82) is 0 Å². The minimum Gasteiger partial charge on any atom is -0.381 e. The van der Waals surface area contributed by atoms with Gasteiger partial charge in [0.25, 0.3) is 0 Å². The van der Waals surface area contributed by atoms with E-state index in [2.05, 4.69) is 35.5 Å². The summed E-state index contributed by atoms with van der Waals surface area (Å²) in [5.41, 5.74) is 3.00. The molecule has 0 spiro atoms. The smallest absolute Gasteiger partial charge is 0.381 e. The number of nitrogens with zero attached hydrogens (tertiary/aromatic N) is 1. The van der Waals surface area contributed by atoms with Crippen molar-refractivity contribution >= 4 is 17.2 Å². The van der Waals surface area contributed by atoms with Gasteiger partial charge in [0, 0.05) is 50.6 Å². The molecule has 2 N–H and O–H groups in total. The first kappa shape index (κ1) is 24.2. The number of rotatable bonds is 4. The lowest BCUT2D eigenvalue weighted by Gasteiger charge is -2.48. The van der Waals surface area contributed by atoms with Crippen LogP contribution in [0.1, 0.15) is 57.1 Å². The van der Waals surface area contributed by atoms with E-state index < -0.39 is 12.1 Å². The van der Waals surface area contributed by atoms with Crippen LogP contribution >= 0.6 is 0 Å². The number of halogens is 3.